The van der Waals surface area contributed by atoms with Gasteiger partial charge in [-0.05, 0) is 60.9 Å². The molecule has 2 aromatic rings. The summed E-state index contributed by atoms with van der Waals surface area (Å²) in [5, 5.41) is 8.82. The van der Waals surface area contributed by atoms with Gasteiger partial charge in [-0.2, -0.15) is 5.26 Å². The first-order valence-electron chi connectivity index (χ1n) is 6.53. The van der Waals surface area contributed by atoms with Crippen LogP contribution in [0.15, 0.2) is 36.4 Å². The molecule has 0 amide bonds. The van der Waals surface area contributed by atoms with Crippen molar-refractivity contribution in [2.45, 2.75) is 20.5 Å². The summed E-state index contributed by atoms with van der Waals surface area (Å²) >= 11 is 0. The van der Waals surface area contributed by atoms with Gasteiger partial charge in [-0.25, -0.2) is 4.79 Å². The summed E-state index contributed by atoms with van der Waals surface area (Å²) in [5.74, 6) is -0.408. The van der Waals surface area contributed by atoms with Crippen LogP contribution in [-0.4, -0.2) is 5.97 Å². The molecule has 106 valence electrons. The molecule has 0 aliphatic rings. The van der Waals surface area contributed by atoms with Gasteiger partial charge in [0.25, 0.3) is 0 Å². The number of nitrogens with zero attached hydrogens (tertiary/aromatic N) is 1. The molecule has 0 saturated carbocycles. The van der Waals surface area contributed by atoms with Crippen molar-refractivity contribution in [1.82, 2.24) is 0 Å². The fraction of sp³-hybridized carbons (Fsp3) is 0.176. The smallest absolute Gasteiger partial charge is 0.338 e. The molecule has 0 bridgehead atoms. The van der Waals surface area contributed by atoms with E-state index in [1.807, 2.05) is 13.8 Å². The van der Waals surface area contributed by atoms with Crippen molar-refractivity contribution in [3.63, 3.8) is 0 Å². The van der Waals surface area contributed by atoms with Crippen LogP contribution < -0.4 is 5.73 Å². The lowest BCUT2D eigenvalue weighted by molar-refractivity contribution is 0.0472. The van der Waals surface area contributed by atoms with Gasteiger partial charge in [-0.1, -0.05) is 6.07 Å². The van der Waals surface area contributed by atoms with E-state index in [0.717, 1.165) is 16.7 Å². The molecule has 2 aromatic carbocycles. The van der Waals surface area contributed by atoms with Crippen LogP contribution in [0, 0.1) is 25.2 Å². The van der Waals surface area contributed by atoms with E-state index in [0.29, 0.717) is 16.8 Å². The maximum Gasteiger partial charge on any atom is 0.338 e. The van der Waals surface area contributed by atoms with Crippen LogP contribution in [0.3, 0.4) is 0 Å². The van der Waals surface area contributed by atoms with Crippen molar-refractivity contribution >= 4 is 11.7 Å². The van der Waals surface area contributed by atoms with Gasteiger partial charge in [0.15, 0.2) is 0 Å². The Balaban J connectivity index is 2.09. The summed E-state index contributed by atoms with van der Waals surface area (Å²) in [5.41, 5.74) is 10.0. The van der Waals surface area contributed by atoms with E-state index in [1.165, 1.54) is 0 Å². The molecule has 0 radical (unpaired) electrons. The Bertz CT molecular complexity index is 710. The van der Waals surface area contributed by atoms with E-state index in [1.54, 1.807) is 36.4 Å². The van der Waals surface area contributed by atoms with Crippen molar-refractivity contribution in [3.8, 4) is 6.07 Å². The Labute approximate surface area is 123 Å². The molecule has 0 unspecified atom stereocenters. The highest BCUT2D eigenvalue weighted by Gasteiger charge is 2.10. The number of carbonyl (C=O) groups is 1. The second-order valence-corrected chi connectivity index (χ2v) is 4.96. The summed E-state index contributed by atoms with van der Waals surface area (Å²) in [6.45, 7) is 3.93. The number of nitrogen functional groups attached to an aromatic ring is 1. The summed E-state index contributed by atoms with van der Waals surface area (Å²) in [6.07, 6.45) is 0. The molecule has 0 atom stereocenters. The number of ether oxygens (including phenoxy) is 1. The molecule has 0 heterocycles. The van der Waals surface area contributed by atoms with E-state index in [-0.39, 0.29) is 6.61 Å². The van der Waals surface area contributed by atoms with E-state index in [2.05, 4.69) is 6.07 Å². The van der Waals surface area contributed by atoms with Gasteiger partial charge < -0.3 is 10.5 Å². The van der Waals surface area contributed by atoms with Crippen LogP contribution in [0.4, 0.5) is 5.69 Å². The summed E-state index contributed by atoms with van der Waals surface area (Å²) in [7, 11) is 0. The summed E-state index contributed by atoms with van der Waals surface area (Å²) in [4.78, 5) is 12.0. The molecule has 4 nitrogen and oxygen atoms in total. The third-order valence-electron chi connectivity index (χ3n) is 3.17. The van der Waals surface area contributed by atoms with E-state index in [4.69, 9.17) is 15.7 Å². The fourth-order valence-electron chi connectivity index (χ4n) is 2.08. The summed E-state index contributed by atoms with van der Waals surface area (Å²) in [6, 6.07) is 12.5. The second-order valence-electron chi connectivity index (χ2n) is 4.96. The van der Waals surface area contributed by atoms with Crippen molar-refractivity contribution in [2.24, 2.45) is 0 Å². The highest BCUT2D eigenvalue weighted by atomic mass is 16.5. The van der Waals surface area contributed by atoms with Gasteiger partial charge in [-0.3, -0.25) is 0 Å². The molecule has 0 spiro atoms. The molecule has 0 fully saturated rings. The first-order chi connectivity index (χ1) is 9.99. The highest BCUT2D eigenvalue weighted by molar-refractivity contribution is 5.90. The zero-order chi connectivity index (χ0) is 15.4. The standard InChI is InChI=1S/C17H16N2O2/c1-11-5-15(8-16(19)6-11)17(20)21-10-14-4-3-13(9-18)7-12(14)2/h3-8H,10,19H2,1-2H3. The third-order valence-corrected chi connectivity index (χ3v) is 3.17. The quantitative estimate of drug-likeness (QED) is 0.692. The molecular weight excluding hydrogens is 264 g/mol. The van der Waals surface area contributed by atoms with Crippen LogP contribution in [0.25, 0.3) is 0 Å². The van der Waals surface area contributed by atoms with Crippen LogP contribution in [0.2, 0.25) is 0 Å². The minimum absolute atomic E-state index is 0.171. The lowest BCUT2D eigenvalue weighted by Gasteiger charge is -2.09. The number of nitriles is 1. The Morgan fingerprint density at radius 3 is 2.62 bits per heavy atom. The Kier molecular flexibility index (Phi) is 4.24. The van der Waals surface area contributed by atoms with Crippen molar-refractivity contribution in [2.75, 3.05) is 5.73 Å². The fourth-order valence-corrected chi connectivity index (χ4v) is 2.08. The van der Waals surface area contributed by atoms with Crippen LogP contribution in [-0.2, 0) is 11.3 Å². The first kappa shape index (κ1) is 14.6. The third kappa shape index (κ3) is 3.61. The van der Waals surface area contributed by atoms with Gasteiger partial charge in [0.05, 0.1) is 17.2 Å². The predicted octanol–water partition coefficient (Wildman–Crippen LogP) is 3.11. The molecule has 0 aromatic heterocycles. The molecule has 2 rings (SSSR count). The van der Waals surface area contributed by atoms with Gasteiger partial charge in [0.2, 0.25) is 0 Å². The van der Waals surface area contributed by atoms with Crippen molar-refractivity contribution < 1.29 is 9.53 Å². The molecular formula is C17H16N2O2. The maximum atomic E-state index is 12.0. The Morgan fingerprint density at radius 2 is 2.00 bits per heavy atom. The lowest BCUT2D eigenvalue weighted by Crippen LogP contribution is -2.07. The topological polar surface area (TPSA) is 76.1 Å². The number of hydrogen-bond acceptors (Lipinski definition) is 4. The van der Waals surface area contributed by atoms with Gasteiger partial charge in [0.1, 0.15) is 6.61 Å². The number of nitrogens with two attached hydrogens (primary N) is 1. The van der Waals surface area contributed by atoms with E-state index < -0.39 is 5.97 Å². The number of carbonyl (C=O) groups excluding carboxylic acids is 1. The zero-order valence-corrected chi connectivity index (χ0v) is 12.0. The number of hydrogen-bond donors (Lipinski definition) is 1. The highest BCUT2D eigenvalue weighted by Crippen LogP contribution is 2.15. The maximum absolute atomic E-state index is 12.0. The zero-order valence-electron chi connectivity index (χ0n) is 12.0. The molecule has 0 aliphatic heterocycles. The van der Waals surface area contributed by atoms with Gasteiger partial charge >= 0.3 is 5.97 Å². The monoisotopic (exact) mass is 280 g/mol. The number of benzene rings is 2. The largest absolute Gasteiger partial charge is 0.457 e. The number of esters is 1. The first-order valence-corrected chi connectivity index (χ1v) is 6.53. The molecule has 4 heteroatoms. The Hall–Kier alpha value is -2.80. The molecule has 0 aliphatic carbocycles. The Morgan fingerprint density at radius 1 is 1.24 bits per heavy atom. The van der Waals surface area contributed by atoms with Gasteiger partial charge in [-0.15, -0.1) is 0 Å². The van der Waals surface area contributed by atoms with E-state index in [9.17, 15) is 4.79 Å². The van der Waals surface area contributed by atoms with Crippen LogP contribution in [0.1, 0.15) is 32.6 Å². The minimum atomic E-state index is -0.408. The lowest BCUT2D eigenvalue weighted by atomic mass is 10.1. The molecule has 0 saturated heterocycles. The molecule has 2 N–H and O–H groups in total. The average Bonchev–Trinajstić information content (AvgIpc) is 2.44. The predicted molar refractivity (Wildman–Crippen MR) is 80.6 cm³/mol. The van der Waals surface area contributed by atoms with Crippen molar-refractivity contribution in [1.29, 1.82) is 5.26 Å². The number of rotatable bonds is 3. The van der Waals surface area contributed by atoms with Gasteiger partial charge in [0, 0.05) is 5.69 Å². The normalized spacial score (nSPS) is 9.95. The number of aryl methyl sites for hydroxylation is 2. The minimum Gasteiger partial charge on any atom is -0.457 e. The summed E-state index contributed by atoms with van der Waals surface area (Å²) < 4.78 is 5.30. The average molecular weight is 280 g/mol. The SMILES string of the molecule is Cc1cc(N)cc(C(=O)OCc2ccc(C#N)cc2C)c1. The molecule has 21 heavy (non-hydrogen) atoms. The van der Waals surface area contributed by atoms with E-state index >= 15 is 0 Å². The van der Waals surface area contributed by atoms with Crippen LogP contribution >= 0.6 is 0 Å². The van der Waals surface area contributed by atoms with Crippen molar-refractivity contribution in [3.05, 3.63) is 64.2 Å². The number of anilines is 1. The second kappa shape index (κ2) is 6.10. The van der Waals surface area contributed by atoms with Crippen LogP contribution in [0.5, 0.6) is 0 Å².